The molecule has 0 saturated carbocycles. The molecule has 0 spiro atoms. The van der Waals surface area contributed by atoms with Crippen molar-refractivity contribution in [3.8, 4) is 0 Å². The summed E-state index contributed by atoms with van der Waals surface area (Å²) in [7, 11) is 0. The van der Waals surface area contributed by atoms with Gasteiger partial charge in [0, 0.05) is 10.5 Å². The maximum Gasteiger partial charge on any atom is 0.338 e. The molecule has 0 bridgehead atoms. The maximum absolute atomic E-state index is 11.6. The van der Waals surface area contributed by atoms with E-state index in [-0.39, 0.29) is 18.0 Å². The molecular formula is C13H17BrN2O3. The number of carbonyl (C=O) groups excluding carboxylic acids is 2. The second-order valence-electron chi connectivity index (χ2n) is 4.17. The first-order valence-corrected chi connectivity index (χ1v) is 6.77. The lowest BCUT2D eigenvalue weighted by atomic mass is 10.2. The molecule has 0 fully saturated rings. The largest absolute Gasteiger partial charge is 0.462 e. The lowest BCUT2D eigenvalue weighted by Crippen LogP contribution is -2.34. The van der Waals surface area contributed by atoms with Gasteiger partial charge in [-0.25, -0.2) is 9.59 Å². The summed E-state index contributed by atoms with van der Waals surface area (Å²) in [6.07, 6.45) is 0. The molecule has 0 heterocycles. The van der Waals surface area contributed by atoms with Gasteiger partial charge in [0.05, 0.1) is 17.9 Å². The first-order valence-electron chi connectivity index (χ1n) is 5.98. The van der Waals surface area contributed by atoms with Crippen molar-refractivity contribution in [2.75, 3.05) is 11.9 Å². The van der Waals surface area contributed by atoms with Crippen LogP contribution in [0.3, 0.4) is 0 Å². The van der Waals surface area contributed by atoms with Crippen molar-refractivity contribution in [3.05, 3.63) is 28.2 Å². The van der Waals surface area contributed by atoms with E-state index in [1.807, 2.05) is 13.8 Å². The predicted octanol–water partition coefficient (Wildman–Crippen LogP) is 3.16. The Kier molecular flexibility index (Phi) is 5.82. The van der Waals surface area contributed by atoms with Gasteiger partial charge in [-0.1, -0.05) is 0 Å². The number of anilines is 1. The molecule has 1 rings (SSSR count). The smallest absolute Gasteiger partial charge is 0.338 e. The number of halogens is 1. The van der Waals surface area contributed by atoms with Gasteiger partial charge in [-0.05, 0) is 54.9 Å². The fourth-order valence-electron chi connectivity index (χ4n) is 1.38. The minimum Gasteiger partial charge on any atom is -0.462 e. The van der Waals surface area contributed by atoms with Crippen LogP contribution in [-0.2, 0) is 4.74 Å². The van der Waals surface area contributed by atoms with Crippen molar-refractivity contribution in [2.45, 2.75) is 26.8 Å². The average Bonchev–Trinajstić information content (AvgIpc) is 2.31. The minimum atomic E-state index is -0.388. The minimum absolute atomic E-state index is 0.0533. The van der Waals surface area contributed by atoms with Crippen LogP contribution < -0.4 is 10.6 Å². The van der Waals surface area contributed by atoms with Gasteiger partial charge >= 0.3 is 12.0 Å². The predicted molar refractivity (Wildman–Crippen MR) is 77.4 cm³/mol. The zero-order valence-electron chi connectivity index (χ0n) is 11.1. The Balaban J connectivity index is 2.77. The molecule has 6 heteroatoms. The summed E-state index contributed by atoms with van der Waals surface area (Å²) >= 11 is 3.31. The number of amides is 2. The number of benzene rings is 1. The van der Waals surface area contributed by atoms with Crippen molar-refractivity contribution in [3.63, 3.8) is 0 Å². The third kappa shape index (κ3) is 4.90. The van der Waals surface area contributed by atoms with Crippen molar-refractivity contribution in [1.29, 1.82) is 0 Å². The van der Waals surface area contributed by atoms with Crippen LogP contribution in [0.4, 0.5) is 10.5 Å². The van der Waals surface area contributed by atoms with E-state index < -0.39 is 0 Å². The molecule has 2 amide bonds. The van der Waals surface area contributed by atoms with Gasteiger partial charge in [-0.3, -0.25) is 0 Å². The lowest BCUT2D eigenvalue weighted by molar-refractivity contribution is 0.0526. The first kappa shape index (κ1) is 15.5. The van der Waals surface area contributed by atoms with E-state index in [0.717, 1.165) is 0 Å². The number of hydrogen-bond acceptors (Lipinski definition) is 3. The summed E-state index contributed by atoms with van der Waals surface area (Å²) in [5.74, 6) is -0.388. The Morgan fingerprint density at radius 2 is 2.05 bits per heavy atom. The number of ether oxygens (including phenoxy) is 1. The van der Waals surface area contributed by atoms with Crippen molar-refractivity contribution >= 4 is 33.6 Å². The summed E-state index contributed by atoms with van der Waals surface area (Å²) in [5.41, 5.74) is 1.02. The van der Waals surface area contributed by atoms with Gasteiger partial charge in [-0.2, -0.15) is 0 Å². The molecule has 0 aliphatic rings. The van der Waals surface area contributed by atoms with Gasteiger partial charge in [0.15, 0.2) is 0 Å². The highest BCUT2D eigenvalue weighted by atomic mass is 79.9. The van der Waals surface area contributed by atoms with Gasteiger partial charge in [0.1, 0.15) is 0 Å². The molecule has 0 aliphatic heterocycles. The molecule has 0 aliphatic carbocycles. The lowest BCUT2D eigenvalue weighted by Gasteiger charge is -2.12. The molecule has 0 atom stereocenters. The highest BCUT2D eigenvalue weighted by molar-refractivity contribution is 9.10. The maximum atomic E-state index is 11.6. The summed E-state index contributed by atoms with van der Waals surface area (Å²) in [5, 5.41) is 5.40. The molecule has 0 aromatic heterocycles. The van der Waals surface area contributed by atoms with Crippen molar-refractivity contribution in [1.82, 2.24) is 5.32 Å². The van der Waals surface area contributed by atoms with Crippen molar-refractivity contribution < 1.29 is 14.3 Å². The number of rotatable bonds is 4. The van der Waals surface area contributed by atoms with E-state index in [9.17, 15) is 9.59 Å². The third-order valence-corrected chi connectivity index (χ3v) is 2.80. The van der Waals surface area contributed by atoms with Crippen LogP contribution in [0.25, 0.3) is 0 Å². The van der Waals surface area contributed by atoms with Crippen LogP contribution in [0.1, 0.15) is 31.1 Å². The Morgan fingerprint density at radius 3 is 2.58 bits per heavy atom. The number of urea groups is 1. The molecular weight excluding hydrogens is 312 g/mol. The summed E-state index contributed by atoms with van der Waals surface area (Å²) in [6, 6.07) is 4.63. The normalized spacial score (nSPS) is 10.2. The fraction of sp³-hybridized carbons (Fsp3) is 0.385. The second-order valence-corrected chi connectivity index (χ2v) is 5.02. The summed E-state index contributed by atoms with van der Waals surface area (Å²) in [4.78, 5) is 23.1. The number of nitrogens with one attached hydrogen (secondary N) is 2. The van der Waals surface area contributed by atoms with E-state index in [2.05, 4.69) is 26.6 Å². The zero-order valence-corrected chi connectivity index (χ0v) is 12.7. The number of hydrogen-bond donors (Lipinski definition) is 2. The first-order chi connectivity index (χ1) is 8.93. The van der Waals surface area contributed by atoms with Crippen LogP contribution in [-0.4, -0.2) is 24.6 Å². The van der Waals surface area contributed by atoms with Crippen LogP contribution in [0.5, 0.6) is 0 Å². The van der Waals surface area contributed by atoms with Gasteiger partial charge in [0.2, 0.25) is 0 Å². The molecule has 1 aromatic rings. The van der Waals surface area contributed by atoms with E-state index in [1.54, 1.807) is 25.1 Å². The Hall–Kier alpha value is -1.56. The molecule has 0 saturated heterocycles. The molecule has 0 radical (unpaired) electrons. The van der Waals surface area contributed by atoms with Gasteiger partial charge in [0.25, 0.3) is 0 Å². The molecule has 2 N–H and O–H groups in total. The third-order valence-electron chi connectivity index (χ3n) is 2.15. The topological polar surface area (TPSA) is 67.4 Å². The standard InChI is InChI=1S/C13H17BrN2O3/c1-4-19-12(17)9-5-6-11(10(14)7-9)16-13(18)15-8(2)3/h5-8H,4H2,1-3H3,(H2,15,16,18). The number of esters is 1. The van der Waals surface area contributed by atoms with Crippen LogP contribution in [0.2, 0.25) is 0 Å². The van der Waals surface area contributed by atoms with Gasteiger partial charge in [-0.15, -0.1) is 0 Å². The fourth-order valence-corrected chi connectivity index (χ4v) is 1.86. The Bertz CT molecular complexity index is 475. The van der Waals surface area contributed by atoms with Crippen LogP contribution in [0, 0.1) is 0 Å². The van der Waals surface area contributed by atoms with Crippen molar-refractivity contribution in [2.24, 2.45) is 0 Å². The molecule has 5 nitrogen and oxygen atoms in total. The number of carbonyl (C=O) groups is 2. The van der Waals surface area contributed by atoms with E-state index in [4.69, 9.17) is 4.74 Å². The van der Waals surface area contributed by atoms with Gasteiger partial charge < -0.3 is 15.4 Å². The monoisotopic (exact) mass is 328 g/mol. The molecule has 1 aromatic carbocycles. The van der Waals surface area contributed by atoms with E-state index in [1.165, 1.54) is 0 Å². The Labute approximate surface area is 120 Å². The zero-order chi connectivity index (χ0) is 14.4. The SMILES string of the molecule is CCOC(=O)c1ccc(NC(=O)NC(C)C)c(Br)c1. The molecule has 19 heavy (non-hydrogen) atoms. The molecule has 0 unspecified atom stereocenters. The van der Waals surface area contributed by atoms with Crippen LogP contribution in [0.15, 0.2) is 22.7 Å². The quantitative estimate of drug-likeness (QED) is 0.834. The van der Waals surface area contributed by atoms with E-state index in [0.29, 0.717) is 22.3 Å². The second kappa shape index (κ2) is 7.13. The summed E-state index contributed by atoms with van der Waals surface area (Å²) in [6.45, 7) is 5.82. The van der Waals surface area contributed by atoms with E-state index >= 15 is 0 Å². The van der Waals surface area contributed by atoms with Crippen LogP contribution >= 0.6 is 15.9 Å². The summed E-state index contributed by atoms with van der Waals surface area (Å²) < 4.78 is 5.52. The average molecular weight is 329 g/mol. The highest BCUT2D eigenvalue weighted by Crippen LogP contribution is 2.24. The Morgan fingerprint density at radius 1 is 1.37 bits per heavy atom. The molecule has 104 valence electrons. The highest BCUT2D eigenvalue weighted by Gasteiger charge is 2.11.